The lowest BCUT2D eigenvalue weighted by atomic mass is 9.99. The standard InChI is InChI=1S/C21H21BrN2/c1-3-16(2)17-6-10-19(11-7-17)23-15-21-5-4-14-24(21)20-12-8-18(22)9-13-20/h4-16H,3H2,1-2H3/t16-/m0/s1. The first-order valence-corrected chi connectivity index (χ1v) is 9.04. The maximum Gasteiger partial charge on any atom is 0.0639 e. The molecule has 0 aliphatic rings. The van der Waals surface area contributed by atoms with Crippen LogP contribution in [0.25, 0.3) is 5.69 Å². The van der Waals surface area contributed by atoms with Crippen LogP contribution in [0.5, 0.6) is 0 Å². The molecule has 1 heterocycles. The summed E-state index contributed by atoms with van der Waals surface area (Å²) in [7, 11) is 0. The van der Waals surface area contributed by atoms with Gasteiger partial charge in [-0.25, -0.2) is 0 Å². The van der Waals surface area contributed by atoms with Gasteiger partial charge in [-0.1, -0.05) is 41.9 Å². The zero-order valence-electron chi connectivity index (χ0n) is 14.0. The quantitative estimate of drug-likeness (QED) is 0.449. The minimum atomic E-state index is 0.595. The normalized spacial score (nSPS) is 12.6. The van der Waals surface area contributed by atoms with Crippen LogP contribution in [0.4, 0.5) is 5.69 Å². The van der Waals surface area contributed by atoms with Crippen LogP contribution in [0, 0.1) is 0 Å². The highest BCUT2D eigenvalue weighted by atomic mass is 79.9. The van der Waals surface area contributed by atoms with Crippen molar-refractivity contribution < 1.29 is 0 Å². The van der Waals surface area contributed by atoms with Crippen molar-refractivity contribution in [3.05, 3.63) is 82.6 Å². The van der Waals surface area contributed by atoms with E-state index in [1.165, 1.54) is 5.56 Å². The Kier molecular flexibility index (Phi) is 5.31. The predicted molar refractivity (Wildman–Crippen MR) is 106 cm³/mol. The molecule has 3 rings (SSSR count). The Bertz CT molecular complexity index is 814. The second-order valence-corrected chi connectivity index (χ2v) is 6.85. The summed E-state index contributed by atoms with van der Waals surface area (Å²) in [6.07, 6.45) is 5.13. The minimum absolute atomic E-state index is 0.595. The second-order valence-electron chi connectivity index (χ2n) is 5.94. The molecule has 0 saturated heterocycles. The maximum absolute atomic E-state index is 4.62. The van der Waals surface area contributed by atoms with Crippen molar-refractivity contribution >= 4 is 27.8 Å². The third-order valence-corrected chi connectivity index (χ3v) is 4.83. The smallest absolute Gasteiger partial charge is 0.0639 e. The molecule has 0 radical (unpaired) electrons. The summed E-state index contributed by atoms with van der Waals surface area (Å²) < 4.78 is 3.21. The molecule has 0 saturated carbocycles. The topological polar surface area (TPSA) is 17.3 Å². The van der Waals surface area contributed by atoms with Crippen LogP contribution in [0.3, 0.4) is 0 Å². The molecule has 0 bridgehead atoms. The number of aromatic nitrogens is 1. The van der Waals surface area contributed by atoms with Crippen LogP contribution in [0.15, 0.2) is 76.3 Å². The van der Waals surface area contributed by atoms with Gasteiger partial charge in [-0.05, 0) is 66.4 Å². The van der Waals surface area contributed by atoms with Crippen LogP contribution >= 0.6 is 15.9 Å². The first-order chi connectivity index (χ1) is 11.7. The largest absolute Gasteiger partial charge is 0.316 e. The van der Waals surface area contributed by atoms with Crippen molar-refractivity contribution in [2.45, 2.75) is 26.2 Å². The zero-order valence-corrected chi connectivity index (χ0v) is 15.6. The number of halogens is 1. The van der Waals surface area contributed by atoms with Gasteiger partial charge in [-0.15, -0.1) is 0 Å². The number of nitrogens with zero attached hydrogens (tertiary/aromatic N) is 2. The van der Waals surface area contributed by atoms with E-state index in [0.29, 0.717) is 5.92 Å². The highest BCUT2D eigenvalue weighted by molar-refractivity contribution is 9.10. The van der Waals surface area contributed by atoms with Crippen LogP contribution in [0.1, 0.15) is 37.4 Å². The second kappa shape index (κ2) is 7.63. The third-order valence-electron chi connectivity index (χ3n) is 4.31. The molecule has 1 aromatic heterocycles. The van der Waals surface area contributed by atoms with Crippen LogP contribution in [-0.2, 0) is 0 Å². The van der Waals surface area contributed by atoms with Gasteiger partial charge in [-0.3, -0.25) is 4.99 Å². The molecule has 0 amide bonds. The Morgan fingerprint density at radius 2 is 1.75 bits per heavy atom. The number of rotatable bonds is 5. The molecular weight excluding hydrogens is 360 g/mol. The van der Waals surface area contributed by atoms with Gasteiger partial charge in [-0.2, -0.15) is 0 Å². The molecule has 122 valence electrons. The van der Waals surface area contributed by atoms with Gasteiger partial charge in [0.05, 0.1) is 17.6 Å². The fraction of sp³-hybridized carbons (Fsp3) is 0.190. The van der Waals surface area contributed by atoms with Gasteiger partial charge < -0.3 is 4.57 Å². The summed E-state index contributed by atoms with van der Waals surface area (Å²) in [5.74, 6) is 0.595. The fourth-order valence-corrected chi connectivity index (χ4v) is 2.87. The van der Waals surface area contributed by atoms with Crippen molar-refractivity contribution in [1.82, 2.24) is 4.57 Å². The molecule has 0 fully saturated rings. The summed E-state index contributed by atoms with van der Waals surface area (Å²) >= 11 is 3.47. The molecule has 0 spiro atoms. The maximum atomic E-state index is 4.62. The molecule has 0 N–H and O–H groups in total. The molecule has 24 heavy (non-hydrogen) atoms. The first-order valence-electron chi connectivity index (χ1n) is 8.24. The van der Waals surface area contributed by atoms with Gasteiger partial charge in [0.15, 0.2) is 0 Å². The summed E-state index contributed by atoms with van der Waals surface area (Å²) in [4.78, 5) is 4.62. The van der Waals surface area contributed by atoms with E-state index in [2.05, 4.69) is 88.0 Å². The van der Waals surface area contributed by atoms with Gasteiger partial charge in [0, 0.05) is 16.4 Å². The van der Waals surface area contributed by atoms with E-state index in [9.17, 15) is 0 Å². The average molecular weight is 381 g/mol. The fourth-order valence-electron chi connectivity index (χ4n) is 2.60. The zero-order chi connectivity index (χ0) is 16.9. The Morgan fingerprint density at radius 3 is 2.42 bits per heavy atom. The minimum Gasteiger partial charge on any atom is -0.316 e. The Morgan fingerprint density at radius 1 is 1.04 bits per heavy atom. The summed E-state index contributed by atoms with van der Waals surface area (Å²) in [5, 5.41) is 0. The monoisotopic (exact) mass is 380 g/mol. The van der Waals surface area contributed by atoms with E-state index < -0.39 is 0 Å². The van der Waals surface area contributed by atoms with Gasteiger partial charge >= 0.3 is 0 Å². The Hall–Kier alpha value is -2.13. The summed E-state index contributed by atoms with van der Waals surface area (Å²) in [5.41, 5.74) is 4.53. The van der Waals surface area contributed by atoms with Gasteiger partial charge in [0.2, 0.25) is 0 Å². The van der Waals surface area contributed by atoms with Gasteiger partial charge in [0.1, 0.15) is 0 Å². The predicted octanol–water partition coefficient (Wildman–Crippen LogP) is 6.50. The lowest BCUT2D eigenvalue weighted by molar-refractivity contribution is 0.734. The SMILES string of the molecule is CC[C@H](C)c1ccc(N=Cc2cccn2-c2ccc(Br)cc2)cc1. The molecule has 3 aromatic rings. The molecule has 0 unspecified atom stereocenters. The van der Waals surface area contributed by atoms with Crippen LogP contribution in [-0.4, -0.2) is 10.8 Å². The molecule has 1 atom stereocenters. The summed E-state index contributed by atoms with van der Waals surface area (Å²) in [6.45, 7) is 4.47. The lowest BCUT2D eigenvalue weighted by Gasteiger charge is -2.08. The number of hydrogen-bond donors (Lipinski definition) is 0. The van der Waals surface area contributed by atoms with Crippen molar-refractivity contribution in [2.75, 3.05) is 0 Å². The number of hydrogen-bond acceptors (Lipinski definition) is 1. The third kappa shape index (κ3) is 3.85. The van der Waals surface area contributed by atoms with Crippen LogP contribution < -0.4 is 0 Å². The molecule has 0 aliphatic heterocycles. The number of aliphatic imine (C=N–C) groups is 1. The van der Waals surface area contributed by atoms with E-state index in [1.54, 1.807) is 0 Å². The number of benzene rings is 2. The van der Waals surface area contributed by atoms with Crippen molar-refractivity contribution in [3.63, 3.8) is 0 Å². The van der Waals surface area contributed by atoms with Gasteiger partial charge in [0.25, 0.3) is 0 Å². The molecule has 0 aliphatic carbocycles. The molecule has 2 aromatic carbocycles. The average Bonchev–Trinajstić information content (AvgIpc) is 3.09. The highest BCUT2D eigenvalue weighted by Gasteiger charge is 2.03. The van der Waals surface area contributed by atoms with Crippen molar-refractivity contribution in [3.8, 4) is 5.69 Å². The highest BCUT2D eigenvalue weighted by Crippen LogP contribution is 2.22. The van der Waals surface area contributed by atoms with E-state index in [0.717, 1.165) is 28.0 Å². The van der Waals surface area contributed by atoms with Crippen molar-refractivity contribution in [1.29, 1.82) is 0 Å². The summed E-state index contributed by atoms with van der Waals surface area (Å²) in [6, 6.07) is 20.9. The van der Waals surface area contributed by atoms with E-state index in [1.807, 2.05) is 24.4 Å². The van der Waals surface area contributed by atoms with E-state index >= 15 is 0 Å². The van der Waals surface area contributed by atoms with E-state index in [-0.39, 0.29) is 0 Å². The molecule has 3 heteroatoms. The Balaban J connectivity index is 1.80. The van der Waals surface area contributed by atoms with Crippen molar-refractivity contribution in [2.24, 2.45) is 4.99 Å². The molecular formula is C21H21BrN2. The Labute approximate surface area is 152 Å². The molecule has 2 nitrogen and oxygen atoms in total. The first kappa shape index (κ1) is 16.7. The lowest BCUT2D eigenvalue weighted by Crippen LogP contribution is -1.97. The van der Waals surface area contributed by atoms with Crippen LogP contribution in [0.2, 0.25) is 0 Å². The van der Waals surface area contributed by atoms with E-state index in [4.69, 9.17) is 0 Å².